The van der Waals surface area contributed by atoms with Gasteiger partial charge in [0.05, 0.1) is 39.3 Å². The minimum absolute atomic E-state index is 0.549. The average Bonchev–Trinajstić information content (AvgIpc) is 3.35. The number of furan rings is 1. The molecule has 28 heavy (non-hydrogen) atoms. The number of nitrogens with zero attached hydrogens (tertiary/aromatic N) is 2. The fourth-order valence-electron chi connectivity index (χ4n) is 2.86. The molecule has 0 atom stereocenters. The van der Waals surface area contributed by atoms with Crippen LogP contribution in [0.3, 0.4) is 0 Å². The second-order valence-corrected chi connectivity index (χ2v) is 6.24. The molecular formula is C22H24N2O4. The Morgan fingerprint density at radius 1 is 1.11 bits per heavy atom. The van der Waals surface area contributed by atoms with Crippen molar-refractivity contribution in [2.24, 2.45) is 0 Å². The Balaban J connectivity index is 1.82. The van der Waals surface area contributed by atoms with Gasteiger partial charge in [-0.1, -0.05) is 5.92 Å². The number of aromatic nitrogens is 1. The van der Waals surface area contributed by atoms with Gasteiger partial charge >= 0.3 is 0 Å². The van der Waals surface area contributed by atoms with Gasteiger partial charge < -0.3 is 18.3 Å². The van der Waals surface area contributed by atoms with Crippen molar-refractivity contribution in [3.8, 4) is 34.8 Å². The van der Waals surface area contributed by atoms with Crippen LogP contribution in [0.25, 0.3) is 11.5 Å². The van der Waals surface area contributed by atoms with E-state index >= 15 is 0 Å². The SMILES string of the molecule is CC#CCN(Cc1ccco1)Cc1nc(-c2ccc(OC)c(OC)c2)oc1C. The van der Waals surface area contributed by atoms with Crippen LogP contribution in [0.15, 0.2) is 45.4 Å². The summed E-state index contributed by atoms with van der Waals surface area (Å²) in [5.74, 6) is 9.57. The maximum absolute atomic E-state index is 5.92. The predicted octanol–water partition coefficient (Wildman–Crippen LogP) is 4.29. The maximum Gasteiger partial charge on any atom is 0.226 e. The molecule has 2 aromatic heterocycles. The summed E-state index contributed by atoms with van der Waals surface area (Å²) in [7, 11) is 3.22. The largest absolute Gasteiger partial charge is 0.493 e. The van der Waals surface area contributed by atoms with Crippen molar-refractivity contribution in [3.63, 3.8) is 0 Å². The maximum atomic E-state index is 5.92. The third-order valence-corrected chi connectivity index (χ3v) is 4.34. The zero-order valence-electron chi connectivity index (χ0n) is 16.6. The highest BCUT2D eigenvalue weighted by atomic mass is 16.5. The first-order valence-corrected chi connectivity index (χ1v) is 8.97. The lowest BCUT2D eigenvalue weighted by Crippen LogP contribution is -2.23. The van der Waals surface area contributed by atoms with Crippen LogP contribution >= 0.6 is 0 Å². The first kappa shape index (κ1) is 19.6. The Kier molecular flexibility index (Phi) is 6.41. The highest BCUT2D eigenvalue weighted by Crippen LogP contribution is 2.32. The van der Waals surface area contributed by atoms with Crippen LogP contribution in [-0.4, -0.2) is 30.6 Å². The molecule has 0 spiro atoms. The normalized spacial score (nSPS) is 10.6. The van der Waals surface area contributed by atoms with Crippen molar-refractivity contribution in [1.29, 1.82) is 0 Å². The van der Waals surface area contributed by atoms with Gasteiger partial charge in [-0.25, -0.2) is 4.98 Å². The monoisotopic (exact) mass is 380 g/mol. The van der Waals surface area contributed by atoms with E-state index in [9.17, 15) is 0 Å². The summed E-state index contributed by atoms with van der Waals surface area (Å²) in [6.45, 7) is 5.64. The number of hydrogen-bond acceptors (Lipinski definition) is 6. The van der Waals surface area contributed by atoms with E-state index in [0.29, 0.717) is 37.0 Å². The molecule has 0 saturated heterocycles. The van der Waals surface area contributed by atoms with Gasteiger partial charge in [-0.15, -0.1) is 5.92 Å². The summed E-state index contributed by atoms with van der Waals surface area (Å²) >= 11 is 0. The molecule has 2 heterocycles. The van der Waals surface area contributed by atoms with Gasteiger partial charge in [0, 0.05) is 12.1 Å². The second kappa shape index (κ2) is 9.16. The molecule has 0 saturated carbocycles. The molecule has 3 rings (SSSR count). The summed E-state index contributed by atoms with van der Waals surface area (Å²) in [5.41, 5.74) is 1.70. The average molecular weight is 380 g/mol. The van der Waals surface area contributed by atoms with Crippen LogP contribution in [-0.2, 0) is 13.1 Å². The highest BCUT2D eigenvalue weighted by molar-refractivity contribution is 5.60. The number of oxazole rings is 1. The number of benzene rings is 1. The Hall–Kier alpha value is -3.17. The lowest BCUT2D eigenvalue weighted by molar-refractivity contribution is 0.260. The van der Waals surface area contributed by atoms with Crippen molar-refractivity contribution in [2.45, 2.75) is 26.9 Å². The van der Waals surface area contributed by atoms with E-state index in [2.05, 4.69) is 16.7 Å². The summed E-state index contributed by atoms with van der Waals surface area (Å²) < 4.78 is 22.1. The van der Waals surface area contributed by atoms with E-state index in [-0.39, 0.29) is 0 Å². The molecule has 0 unspecified atom stereocenters. The standard InChI is InChI=1S/C22H24N2O4/c1-5-6-11-24(14-18-8-7-12-27-18)15-19-16(2)28-22(23-19)17-9-10-20(25-3)21(13-17)26-4/h7-10,12-13H,11,14-15H2,1-4H3. The fourth-order valence-corrected chi connectivity index (χ4v) is 2.86. The van der Waals surface area contributed by atoms with Gasteiger partial charge in [0.2, 0.25) is 5.89 Å². The van der Waals surface area contributed by atoms with E-state index in [4.69, 9.17) is 23.3 Å². The smallest absolute Gasteiger partial charge is 0.226 e. The van der Waals surface area contributed by atoms with Crippen LogP contribution in [0, 0.1) is 18.8 Å². The molecule has 0 fully saturated rings. The third-order valence-electron chi connectivity index (χ3n) is 4.34. The highest BCUT2D eigenvalue weighted by Gasteiger charge is 2.17. The van der Waals surface area contributed by atoms with Gasteiger partial charge in [0.15, 0.2) is 11.5 Å². The van der Waals surface area contributed by atoms with E-state index in [1.165, 1.54) is 0 Å². The quantitative estimate of drug-likeness (QED) is 0.544. The first-order valence-electron chi connectivity index (χ1n) is 8.97. The lowest BCUT2D eigenvalue weighted by atomic mass is 10.2. The van der Waals surface area contributed by atoms with Crippen molar-refractivity contribution in [1.82, 2.24) is 9.88 Å². The van der Waals surface area contributed by atoms with Crippen LogP contribution in [0.5, 0.6) is 11.5 Å². The first-order chi connectivity index (χ1) is 13.6. The van der Waals surface area contributed by atoms with Crippen molar-refractivity contribution in [3.05, 3.63) is 53.8 Å². The summed E-state index contributed by atoms with van der Waals surface area (Å²) in [5, 5.41) is 0. The van der Waals surface area contributed by atoms with Crippen molar-refractivity contribution >= 4 is 0 Å². The van der Waals surface area contributed by atoms with Gasteiger partial charge in [0.1, 0.15) is 11.5 Å². The van der Waals surface area contributed by atoms with E-state index in [1.807, 2.05) is 44.2 Å². The summed E-state index contributed by atoms with van der Waals surface area (Å²) in [6.07, 6.45) is 1.68. The van der Waals surface area contributed by atoms with Crippen LogP contribution in [0.1, 0.15) is 24.1 Å². The zero-order chi connectivity index (χ0) is 19.9. The van der Waals surface area contributed by atoms with Gasteiger partial charge in [-0.3, -0.25) is 4.90 Å². The zero-order valence-corrected chi connectivity index (χ0v) is 16.6. The van der Waals surface area contributed by atoms with E-state index in [1.54, 1.807) is 20.5 Å². The molecule has 0 N–H and O–H groups in total. The number of aryl methyl sites for hydroxylation is 1. The Bertz CT molecular complexity index is 964. The molecule has 1 aromatic carbocycles. The van der Waals surface area contributed by atoms with Gasteiger partial charge in [-0.2, -0.15) is 0 Å². The molecule has 0 bridgehead atoms. The molecule has 3 aromatic rings. The predicted molar refractivity (Wildman–Crippen MR) is 106 cm³/mol. The molecule has 6 heteroatoms. The van der Waals surface area contributed by atoms with Crippen molar-refractivity contribution in [2.75, 3.05) is 20.8 Å². The molecule has 6 nitrogen and oxygen atoms in total. The number of methoxy groups -OCH3 is 2. The number of ether oxygens (including phenoxy) is 2. The molecule has 0 radical (unpaired) electrons. The molecular weight excluding hydrogens is 356 g/mol. The van der Waals surface area contributed by atoms with Crippen LogP contribution in [0.2, 0.25) is 0 Å². The Morgan fingerprint density at radius 3 is 2.61 bits per heavy atom. The van der Waals surface area contributed by atoms with Crippen LogP contribution in [0.4, 0.5) is 0 Å². The topological polar surface area (TPSA) is 60.9 Å². The lowest BCUT2D eigenvalue weighted by Gasteiger charge is -2.17. The number of rotatable bonds is 8. The van der Waals surface area contributed by atoms with Crippen LogP contribution < -0.4 is 9.47 Å². The molecule has 0 aliphatic heterocycles. The third kappa shape index (κ3) is 4.56. The molecule has 0 amide bonds. The minimum Gasteiger partial charge on any atom is -0.493 e. The minimum atomic E-state index is 0.549. The molecule has 146 valence electrons. The van der Waals surface area contributed by atoms with Crippen molar-refractivity contribution < 1.29 is 18.3 Å². The van der Waals surface area contributed by atoms with E-state index in [0.717, 1.165) is 22.8 Å². The summed E-state index contributed by atoms with van der Waals surface area (Å²) in [6, 6.07) is 9.44. The van der Waals surface area contributed by atoms with Gasteiger partial charge in [0.25, 0.3) is 0 Å². The molecule has 0 aliphatic carbocycles. The Morgan fingerprint density at radius 2 is 1.93 bits per heavy atom. The second-order valence-electron chi connectivity index (χ2n) is 6.24. The Labute approximate surface area is 165 Å². The summed E-state index contributed by atoms with van der Waals surface area (Å²) in [4.78, 5) is 6.87. The van der Waals surface area contributed by atoms with Gasteiger partial charge in [-0.05, 0) is 44.2 Å². The molecule has 0 aliphatic rings. The van der Waals surface area contributed by atoms with E-state index < -0.39 is 0 Å². The fraction of sp³-hybridized carbons (Fsp3) is 0.318. The number of hydrogen-bond donors (Lipinski definition) is 0.